The molecule has 3 heteroatoms. The zero-order chi connectivity index (χ0) is 10.5. The second kappa shape index (κ2) is 5.21. The molecule has 15 heavy (non-hydrogen) atoms. The fourth-order valence-corrected chi connectivity index (χ4v) is 1.96. The van der Waals surface area contributed by atoms with Crippen LogP contribution in [0.1, 0.15) is 12.8 Å². The van der Waals surface area contributed by atoms with E-state index in [-0.39, 0.29) is 0 Å². The van der Waals surface area contributed by atoms with E-state index >= 15 is 0 Å². The Morgan fingerprint density at radius 1 is 1.47 bits per heavy atom. The molecule has 0 saturated heterocycles. The molecule has 0 saturated carbocycles. The fourth-order valence-electron chi connectivity index (χ4n) is 1.57. The van der Waals surface area contributed by atoms with E-state index in [1.54, 1.807) is 6.26 Å². The van der Waals surface area contributed by atoms with Gasteiger partial charge in [0.2, 0.25) is 0 Å². The van der Waals surface area contributed by atoms with Crippen LogP contribution in [-0.4, -0.2) is 12.6 Å². The maximum absolute atomic E-state index is 5.48. The minimum Gasteiger partial charge on any atom is -0.497 e. The van der Waals surface area contributed by atoms with Crippen LogP contribution in [-0.2, 0) is 4.74 Å². The van der Waals surface area contributed by atoms with Gasteiger partial charge in [0.1, 0.15) is 6.10 Å². The minimum absolute atomic E-state index is 0.300. The number of ether oxygens (including phenoxy) is 1. The molecule has 1 aromatic rings. The molecule has 1 unspecified atom stereocenters. The van der Waals surface area contributed by atoms with Gasteiger partial charge in [-0.05, 0) is 37.1 Å². The van der Waals surface area contributed by atoms with Crippen molar-refractivity contribution in [2.45, 2.75) is 18.9 Å². The number of anilines is 1. The highest BCUT2D eigenvalue weighted by Crippen LogP contribution is 2.17. The number of halogens is 1. The van der Waals surface area contributed by atoms with Crippen LogP contribution in [0.4, 0.5) is 5.69 Å². The Labute approximate surface area is 98.5 Å². The molecule has 1 N–H and O–H groups in total. The molecular weight excluding hydrogens is 254 g/mol. The predicted octanol–water partition coefficient (Wildman–Crippen LogP) is 3.55. The first-order valence-corrected chi connectivity index (χ1v) is 5.94. The molecule has 1 aliphatic heterocycles. The third-order valence-electron chi connectivity index (χ3n) is 2.38. The van der Waals surface area contributed by atoms with E-state index in [1.807, 2.05) is 12.1 Å². The van der Waals surface area contributed by atoms with Crippen molar-refractivity contribution in [1.29, 1.82) is 0 Å². The van der Waals surface area contributed by atoms with Gasteiger partial charge in [-0.15, -0.1) is 0 Å². The van der Waals surface area contributed by atoms with Crippen LogP contribution in [0.5, 0.6) is 0 Å². The third-order valence-corrected chi connectivity index (χ3v) is 2.87. The van der Waals surface area contributed by atoms with Crippen LogP contribution in [0, 0.1) is 0 Å². The van der Waals surface area contributed by atoms with Crippen LogP contribution in [0.3, 0.4) is 0 Å². The van der Waals surface area contributed by atoms with Gasteiger partial charge in [0.05, 0.1) is 12.8 Å². The van der Waals surface area contributed by atoms with Crippen molar-refractivity contribution in [3.8, 4) is 0 Å². The molecule has 1 heterocycles. The highest BCUT2D eigenvalue weighted by Gasteiger charge is 2.09. The predicted molar refractivity (Wildman–Crippen MR) is 65.9 cm³/mol. The summed E-state index contributed by atoms with van der Waals surface area (Å²) in [6, 6.07) is 8.17. The van der Waals surface area contributed by atoms with Crippen LogP contribution in [0.2, 0.25) is 0 Å². The molecule has 0 spiro atoms. The summed E-state index contributed by atoms with van der Waals surface area (Å²) in [5, 5.41) is 3.37. The normalized spacial score (nSPS) is 19.7. The van der Waals surface area contributed by atoms with Gasteiger partial charge in [0, 0.05) is 10.2 Å². The molecule has 0 radical (unpaired) electrons. The number of hydrogen-bond donors (Lipinski definition) is 1. The third kappa shape index (κ3) is 3.27. The Morgan fingerprint density at radius 2 is 2.40 bits per heavy atom. The molecule has 0 fully saturated rings. The molecule has 1 aliphatic rings. The average Bonchev–Trinajstić information content (AvgIpc) is 2.28. The molecule has 2 rings (SSSR count). The Hall–Kier alpha value is -0.960. The van der Waals surface area contributed by atoms with Gasteiger partial charge < -0.3 is 10.1 Å². The first kappa shape index (κ1) is 10.6. The number of hydrogen-bond acceptors (Lipinski definition) is 2. The van der Waals surface area contributed by atoms with Crippen LogP contribution in [0.15, 0.2) is 41.1 Å². The highest BCUT2D eigenvalue weighted by atomic mass is 79.9. The fraction of sp³-hybridized carbons (Fsp3) is 0.333. The first-order valence-electron chi connectivity index (χ1n) is 5.14. The summed E-state index contributed by atoms with van der Waals surface area (Å²) in [6.45, 7) is 0.862. The molecule has 2 nitrogen and oxygen atoms in total. The zero-order valence-electron chi connectivity index (χ0n) is 8.45. The summed E-state index contributed by atoms with van der Waals surface area (Å²) < 4.78 is 6.57. The summed E-state index contributed by atoms with van der Waals surface area (Å²) in [4.78, 5) is 0. The topological polar surface area (TPSA) is 21.3 Å². The van der Waals surface area contributed by atoms with Crippen molar-refractivity contribution < 1.29 is 4.74 Å². The van der Waals surface area contributed by atoms with Crippen molar-refractivity contribution >= 4 is 21.6 Å². The smallest absolute Gasteiger partial charge is 0.115 e. The number of allylic oxidation sites excluding steroid dienone is 1. The molecule has 80 valence electrons. The van der Waals surface area contributed by atoms with E-state index in [2.05, 4.69) is 39.5 Å². The maximum Gasteiger partial charge on any atom is 0.115 e. The molecule has 0 aromatic heterocycles. The van der Waals surface area contributed by atoms with Gasteiger partial charge in [0.15, 0.2) is 0 Å². The largest absolute Gasteiger partial charge is 0.497 e. The lowest BCUT2D eigenvalue weighted by atomic mass is 10.1. The highest BCUT2D eigenvalue weighted by molar-refractivity contribution is 9.10. The van der Waals surface area contributed by atoms with Gasteiger partial charge in [0.25, 0.3) is 0 Å². The molecular formula is C12H14BrNO. The molecule has 0 bridgehead atoms. The Kier molecular flexibility index (Phi) is 3.67. The van der Waals surface area contributed by atoms with Crippen LogP contribution in [0.25, 0.3) is 0 Å². The second-order valence-corrected chi connectivity index (χ2v) is 4.51. The van der Waals surface area contributed by atoms with Gasteiger partial charge in [-0.25, -0.2) is 0 Å². The number of nitrogens with one attached hydrogen (secondary N) is 1. The monoisotopic (exact) mass is 267 g/mol. The second-order valence-electron chi connectivity index (χ2n) is 3.60. The van der Waals surface area contributed by atoms with E-state index in [4.69, 9.17) is 4.74 Å². The van der Waals surface area contributed by atoms with Crippen LogP contribution >= 0.6 is 15.9 Å². The maximum atomic E-state index is 5.48. The van der Waals surface area contributed by atoms with Crippen molar-refractivity contribution in [1.82, 2.24) is 0 Å². The quantitative estimate of drug-likeness (QED) is 0.905. The van der Waals surface area contributed by atoms with E-state index in [0.29, 0.717) is 6.10 Å². The molecule has 1 atom stereocenters. The van der Waals surface area contributed by atoms with Crippen molar-refractivity contribution in [3.63, 3.8) is 0 Å². The lowest BCUT2D eigenvalue weighted by Gasteiger charge is -2.20. The summed E-state index contributed by atoms with van der Waals surface area (Å²) in [5.41, 5.74) is 1.13. The molecule has 1 aromatic carbocycles. The van der Waals surface area contributed by atoms with Gasteiger partial charge in [-0.3, -0.25) is 0 Å². The van der Waals surface area contributed by atoms with E-state index < -0.39 is 0 Å². The van der Waals surface area contributed by atoms with E-state index in [0.717, 1.165) is 29.5 Å². The Morgan fingerprint density at radius 3 is 3.13 bits per heavy atom. The summed E-state index contributed by atoms with van der Waals surface area (Å²) in [6.07, 6.45) is 6.38. The summed E-state index contributed by atoms with van der Waals surface area (Å²) in [7, 11) is 0. The zero-order valence-corrected chi connectivity index (χ0v) is 10.0. The summed E-state index contributed by atoms with van der Waals surface area (Å²) >= 11 is 3.45. The molecule has 0 amide bonds. The number of rotatable bonds is 3. The lowest BCUT2D eigenvalue weighted by molar-refractivity contribution is 0.135. The SMILES string of the molecule is Brc1cccc(NCC2CCC=CO2)c1. The lowest BCUT2D eigenvalue weighted by Crippen LogP contribution is -2.22. The molecule has 0 aliphatic carbocycles. The van der Waals surface area contributed by atoms with Gasteiger partial charge in [-0.2, -0.15) is 0 Å². The van der Waals surface area contributed by atoms with Crippen molar-refractivity contribution in [2.75, 3.05) is 11.9 Å². The van der Waals surface area contributed by atoms with Crippen LogP contribution < -0.4 is 5.32 Å². The van der Waals surface area contributed by atoms with E-state index in [1.165, 1.54) is 0 Å². The van der Waals surface area contributed by atoms with Gasteiger partial charge in [-0.1, -0.05) is 22.0 Å². The number of benzene rings is 1. The van der Waals surface area contributed by atoms with Crippen molar-refractivity contribution in [3.05, 3.63) is 41.1 Å². The average molecular weight is 268 g/mol. The Bertz CT molecular complexity index is 351. The van der Waals surface area contributed by atoms with E-state index in [9.17, 15) is 0 Å². The van der Waals surface area contributed by atoms with Crippen molar-refractivity contribution in [2.24, 2.45) is 0 Å². The Balaban J connectivity index is 1.84. The standard InChI is InChI=1S/C12H14BrNO/c13-10-4-3-5-11(8-10)14-9-12-6-1-2-7-15-12/h2-5,7-8,12,14H,1,6,9H2. The van der Waals surface area contributed by atoms with Gasteiger partial charge >= 0.3 is 0 Å². The first-order chi connectivity index (χ1) is 7.34. The minimum atomic E-state index is 0.300. The summed E-state index contributed by atoms with van der Waals surface area (Å²) in [5.74, 6) is 0.